The smallest absolute Gasteiger partial charge is 0.327 e. The van der Waals surface area contributed by atoms with Crippen LogP contribution in [0.5, 0.6) is 17.2 Å². The summed E-state index contributed by atoms with van der Waals surface area (Å²) in [6, 6.07) is 2.53. The molecule has 1 N–H and O–H groups in total. The van der Waals surface area contributed by atoms with E-state index in [1.807, 2.05) is 0 Å². The van der Waals surface area contributed by atoms with Crippen LogP contribution in [-0.4, -0.2) is 56.1 Å². The van der Waals surface area contributed by atoms with E-state index < -0.39 is 57.7 Å². The fraction of sp³-hybridized carbons (Fsp3) is 0.333. The van der Waals surface area contributed by atoms with Crippen molar-refractivity contribution in [1.82, 2.24) is 4.90 Å². The lowest BCUT2D eigenvalue weighted by Gasteiger charge is -2.23. The fourth-order valence-electron chi connectivity index (χ4n) is 3.16. The topological polar surface area (TPSA) is 120 Å². The van der Waals surface area contributed by atoms with Gasteiger partial charge in [0.15, 0.2) is 23.2 Å². The molecule has 2 amide bonds. The molecular formula is C21H22F3N3O7. The maximum Gasteiger partial charge on any atom is 0.327 e. The van der Waals surface area contributed by atoms with Crippen LogP contribution in [0.25, 0.3) is 0 Å². The van der Waals surface area contributed by atoms with Crippen LogP contribution in [0.4, 0.5) is 24.5 Å². The summed E-state index contributed by atoms with van der Waals surface area (Å²) in [4.78, 5) is 37.6. The number of hydrogen-bond donors (Lipinski definition) is 1. The maximum absolute atomic E-state index is 13.9. The molecule has 2 aromatic carbocycles. The minimum absolute atomic E-state index is 0.0136. The molecule has 2 rings (SSSR count). The van der Waals surface area contributed by atoms with Gasteiger partial charge in [0.1, 0.15) is 12.1 Å². The molecule has 0 aromatic heterocycles. The molecular weight excluding hydrogens is 463 g/mol. The molecule has 0 bridgehead atoms. The first-order valence-corrected chi connectivity index (χ1v) is 9.81. The zero-order valence-electron chi connectivity index (χ0n) is 18.7. The van der Waals surface area contributed by atoms with Gasteiger partial charge < -0.3 is 24.4 Å². The number of anilines is 1. The number of ether oxygens (including phenoxy) is 3. The van der Waals surface area contributed by atoms with E-state index in [2.05, 4.69) is 5.32 Å². The van der Waals surface area contributed by atoms with Gasteiger partial charge in [-0.05, 0) is 18.6 Å². The van der Waals surface area contributed by atoms with Crippen LogP contribution in [-0.2, 0) is 4.79 Å². The number of hydrogen-bond acceptors (Lipinski definition) is 7. The minimum Gasteiger partial charge on any atom is -0.493 e. The molecule has 0 saturated heterocycles. The Balaban J connectivity index is 2.45. The minimum atomic E-state index is -1.77. The number of benzene rings is 2. The third kappa shape index (κ3) is 5.30. The van der Waals surface area contributed by atoms with Gasteiger partial charge in [-0.2, -0.15) is 0 Å². The molecule has 13 heteroatoms. The second kappa shape index (κ2) is 11.2. The van der Waals surface area contributed by atoms with Crippen LogP contribution in [0.15, 0.2) is 18.2 Å². The lowest BCUT2D eigenvalue weighted by Crippen LogP contribution is -2.39. The summed E-state index contributed by atoms with van der Waals surface area (Å²) in [5, 5.41) is 13.8. The molecule has 0 heterocycles. The van der Waals surface area contributed by atoms with Crippen molar-refractivity contribution in [3.05, 3.63) is 51.3 Å². The van der Waals surface area contributed by atoms with E-state index in [0.29, 0.717) is 12.5 Å². The standard InChI is InChI=1S/C21H22F3N3O7/c1-5-8-26(10-15(28)25-13-7-6-12(22)16(23)17(13)24)21(29)11-9-14(32-2)19(33-3)20(34-4)18(11)27(30)31/h6-7,9H,5,8,10H2,1-4H3,(H,25,28). The Bertz CT molecular complexity index is 1110. The predicted octanol–water partition coefficient (Wildman–Crippen LogP) is 3.53. The van der Waals surface area contributed by atoms with Gasteiger partial charge in [-0.3, -0.25) is 19.7 Å². The Labute approximate surface area is 192 Å². The fourth-order valence-corrected chi connectivity index (χ4v) is 3.16. The SMILES string of the molecule is CCCN(CC(=O)Nc1ccc(F)c(F)c1F)C(=O)c1cc(OC)c(OC)c(OC)c1[N+](=O)[O-]. The summed E-state index contributed by atoms with van der Waals surface area (Å²) in [6.45, 7) is 1.01. The van der Waals surface area contributed by atoms with Gasteiger partial charge in [-0.1, -0.05) is 6.92 Å². The molecule has 0 fully saturated rings. The maximum atomic E-state index is 13.9. The van der Waals surface area contributed by atoms with Crippen LogP contribution in [0.3, 0.4) is 0 Å². The van der Waals surface area contributed by atoms with Crippen molar-refractivity contribution in [2.75, 3.05) is 39.7 Å². The summed E-state index contributed by atoms with van der Waals surface area (Å²) in [5.74, 6) is -7.18. The molecule has 0 aliphatic carbocycles. The van der Waals surface area contributed by atoms with E-state index in [1.54, 1.807) is 6.92 Å². The van der Waals surface area contributed by atoms with E-state index in [9.17, 15) is 32.9 Å². The molecule has 10 nitrogen and oxygen atoms in total. The Hall–Kier alpha value is -4.03. The number of rotatable bonds is 10. The van der Waals surface area contributed by atoms with Gasteiger partial charge in [0.25, 0.3) is 5.91 Å². The Morgan fingerprint density at radius 2 is 1.71 bits per heavy atom. The van der Waals surface area contributed by atoms with Crippen molar-refractivity contribution < 1.29 is 41.9 Å². The van der Waals surface area contributed by atoms with Gasteiger partial charge in [-0.15, -0.1) is 0 Å². The molecule has 0 radical (unpaired) electrons. The first-order valence-electron chi connectivity index (χ1n) is 9.81. The Morgan fingerprint density at radius 3 is 2.24 bits per heavy atom. The summed E-state index contributed by atoms with van der Waals surface area (Å²) in [6.07, 6.45) is 0.358. The molecule has 0 spiro atoms. The van der Waals surface area contributed by atoms with Gasteiger partial charge in [-0.25, -0.2) is 13.2 Å². The van der Waals surface area contributed by atoms with Crippen molar-refractivity contribution in [2.24, 2.45) is 0 Å². The molecule has 0 aliphatic rings. The molecule has 0 unspecified atom stereocenters. The van der Waals surface area contributed by atoms with Gasteiger partial charge >= 0.3 is 5.69 Å². The third-order valence-electron chi connectivity index (χ3n) is 4.64. The quantitative estimate of drug-likeness (QED) is 0.311. The number of nitrogens with one attached hydrogen (secondary N) is 1. The average Bonchev–Trinajstić information content (AvgIpc) is 2.81. The lowest BCUT2D eigenvalue weighted by atomic mass is 10.1. The molecule has 2 aromatic rings. The molecule has 34 heavy (non-hydrogen) atoms. The second-order valence-electron chi connectivity index (χ2n) is 6.80. The highest BCUT2D eigenvalue weighted by Crippen LogP contribution is 2.46. The summed E-state index contributed by atoms with van der Waals surface area (Å²) in [7, 11) is 3.63. The lowest BCUT2D eigenvalue weighted by molar-refractivity contribution is -0.386. The highest BCUT2D eigenvalue weighted by molar-refractivity contribution is 6.03. The largest absolute Gasteiger partial charge is 0.493 e. The van der Waals surface area contributed by atoms with Crippen molar-refractivity contribution >= 4 is 23.2 Å². The molecule has 0 atom stereocenters. The normalized spacial score (nSPS) is 10.4. The monoisotopic (exact) mass is 485 g/mol. The summed E-state index contributed by atoms with van der Waals surface area (Å²) < 4.78 is 55.8. The average molecular weight is 485 g/mol. The van der Waals surface area contributed by atoms with Gasteiger partial charge in [0.05, 0.1) is 31.9 Å². The van der Waals surface area contributed by atoms with E-state index in [0.717, 1.165) is 24.1 Å². The van der Waals surface area contributed by atoms with Crippen molar-refractivity contribution in [3.8, 4) is 17.2 Å². The summed E-state index contributed by atoms with van der Waals surface area (Å²) >= 11 is 0. The number of nitro groups is 1. The van der Waals surface area contributed by atoms with E-state index in [4.69, 9.17) is 14.2 Å². The number of methoxy groups -OCH3 is 3. The highest BCUT2D eigenvalue weighted by atomic mass is 19.2. The van der Waals surface area contributed by atoms with Crippen LogP contribution in [0, 0.1) is 27.6 Å². The number of nitrogens with zero attached hydrogens (tertiary/aromatic N) is 2. The first-order chi connectivity index (χ1) is 16.1. The van der Waals surface area contributed by atoms with Crippen LogP contribution in [0.2, 0.25) is 0 Å². The molecule has 0 aliphatic heterocycles. The first kappa shape index (κ1) is 26.2. The molecule has 0 saturated carbocycles. The number of nitro benzene ring substituents is 1. The molecule has 184 valence electrons. The van der Waals surface area contributed by atoms with Crippen LogP contribution < -0.4 is 19.5 Å². The zero-order chi connectivity index (χ0) is 25.6. The Morgan fingerprint density at radius 1 is 1.06 bits per heavy atom. The van der Waals surface area contributed by atoms with E-state index >= 15 is 0 Å². The second-order valence-corrected chi connectivity index (χ2v) is 6.80. The highest BCUT2D eigenvalue weighted by Gasteiger charge is 2.34. The zero-order valence-corrected chi connectivity index (χ0v) is 18.7. The van der Waals surface area contributed by atoms with E-state index in [-0.39, 0.29) is 23.8 Å². The van der Waals surface area contributed by atoms with Crippen LogP contribution >= 0.6 is 0 Å². The van der Waals surface area contributed by atoms with Crippen LogP contribution in [0.1, 0.15) is 23.7 Å². The van der Waals surface area contributed by atoms with E-state index in [1.165, 1.54) is 14.2 Å². The number of carbonyl (C=O) groups excluding carboxylic acids is 2. The number of halogens is 3. The summed E-state index contributed by atoms with van der Waals surface area (Å²) in [5.41, 5.74) is -1.79. The van der Waals surface area contributed by atoms with Crippen molar-refractivity contribution in [1.29, 1.82) is 0 Å². The Kier molecular flexibility index (Phi) is 8.64. The third-order valence-corrected chi connectivity index (χ3v) is 4.64. The number of amides is 2. The number of carbonyl (C=O) groups is 2. The van der Waals surface area contributed by atoms with Crippen molar-refractivity contribution in [2.45, 2.75) is 13.3 Å². The predicted molar refractivity (Wildman–Crippen MR) is 114 cm³/mol. The van der Waals surface area contributed by atoms with Gasteiger partial charge in [0.2, 0.25) is 17.4 Å². The van der Waals surface area contributed by atoms with Gasteiger partial charge in [0, 0.05) is 12.6 Å². The van der Waals surface area contributed by atoms with Crippen molar-refractivity contribution in [3.63, 3.8) is 0 Å².